The van der Waals surface area contributed by atoms with Crippen molar-refractivity contribution in [3.8, 4) is 5.75 Å². The molecule has 8 heteroatoms. The van der Waals surface area contributed by atoms with Gasteiger partial charge in [0.05, 0.1) is 13.7 Å². The maximum absolute atomic E-state index is 12.5. The van der Waals surface area contributed by atoms with Gasteiger partial charge in [-0.3, -0.25) is 9.69 Å². The van der Waals surface area contributed by atoms with Gasteiger partial charge in [-0.1, -0.05) is 39.4 Å². The summed E-state index contributed by atoms with van der Waals surface area (Å²) in [7, 11) is 1.61. The maximum Gasteiger partial charge on any atom is 0.286 e. The van der Waals surface area contributed by atoms with Gasteiger partial charge in [0.15, 0.2) is 0 Å². The van der Waals surface area contributed by atoms with Crippen LogP contribution in [0.1, 0.15) is 39.3 Å². The number of aromatic nitrogens is 2. The van der Waals surface area contributed by atoms with Crippen LogP contribution >= 0.6 is 27.3 Å². The molecule has 6 nitrogen and oxygen atoms in total. The predicted octanol–water partition coefficient (Wildman–Crippen LogP) is 4.90. The number of rotatable bonds is 6. The number of carbonyl (C=O) groups is 1. The third-order valence-electron chi connectivity index (χ3n) is 4.94. The highest BCUT2D eigenvalue weighted by Crippen LogP contribution is 2.34. The summed E-state index contributed by atoms with van der Waals surface area (Å²) >= 11 is 4.91. The van der Waals surface area contributed by atoms with Crippen molar-refractivity contribution < 1.29 is 9.53 Å². The van der Waals surface area contributed by atoms with Crippen molar-refractivity contribution in [2.45, 2.75) is 25.4 Å². The summed E-state index contributed by atoms with van der Waals surface area (Å²) in [6.45, 7) is 1.72. The number of hydrogen-bond acceptors (Lipinski definition) is 6. The van der Waals surface area contributed by atoms with Gasteiger partial charge >= 0.3 is 0 Å². The SMILES string of the molecule is COc1ccc(NC(=O)c2nnc(CN3CCCC3c3cccc(Br)c3)s2)cc1. The molecule has 29 heavy (non-hydrogen) atoms. The minimum atomic E-state index is -0.246. The number of likely N-dealkylation sites (tertiary alicyclic amines) is 1. The van der Waals surface area contributed by atoms with E-state index in [2.05, 4.69) is 54.5 Å². The summed E-state index contributed by atoms with van der Waals surface area (Å²) < 4.78 is 6.23. The molecule has 0 bridgehead atoms. The molecule has 1 N–H and O–H groups in total. The second-order valence-corrected chi connectivity index (χ2v) is 8.84. The van der Waals surface area contributed by atoms with E-state index in [1.807, 2.05) is 6.07 Å². The Hall–Kier alpha value is -2.29. The predicted molar refractivity (Wildman–Crippen MR) is 117 cm³/mol. The van der Waals surface area contributed by atoms with E-state index in [9.17, 15) is 4.79 Å². The molecule has 1 atom stereocenters. The zero-order valence-electron chi connectivity index (χ0n) is 16.0. The Morgan fingerprint density at radius 3 is 2.86 bits per heavy atom. The van der Waals surface area contributed by atoms with E-state index in [-0.39, 0.29) is 5.91 Å². The summed E-state index contributed by atoms with van der Waals surface area (Å²) in [6, 6.07) is 16.0. The van der Waals surface area contributed by atoms with Crippen molar-refractivity contribution >= 4 is 38.9 Å². The van der Waals surface area contributed by atoms with Gasteiger partial charge in [-0.15, -0.1) is 10.2 Å². The first kappa shape index (κ1) is 20.0. The number of nitrogens with one attached hydrogen (secondary N) is 1. The molecule has 0 spiro atoms. The highest BCUT2D eigenvalue weighted by atomic mass is 79.9. The molecule has 2 aromatic carbocycles. The summed E-state index contributed by atoms with van der Waals surface area (Å²) in [4.78, 5) is 14.9. The lowest BCUT2D eigenvalue weighted by molar-refractivity contribution is 0.102. The van der Waals surface area contributed by atoms with Crippen LogP contribution in [-0.4, -0.2) is 34.7 Å². The number of hydrogen-bond donors (Lipinski definition) is 1. The monoisotopic (exact) mass is 472 g/mol. The molecule has 1 aliphatic heterocycles. The molecular weight excluding hydrogens is 452 g/mol. The second kappa shape index (κ2) is 9.02. The molecular formula is C21H21BrN4O2S. The summed E-state index contributed by atoms with van der Waals surface area (Å²) in [5.41, 5.74) is 2.00. The Balaban J connectivity index is 1.41. The average Bonchev–Trinajstić information content (AvgIpc) is 3.39. The Kier molecular flexibility index (Phi) is 6.22. The lowest BCUT2D eigenvalue weighted by atomic mass is 10.0. The van der Waals surface area contributed by atoms with Gasteiger partial charge in [0.25, 0.3) is 5.91 Å². The highest BCUT2D eigenvalue weighted by Gasteiger charge is 2.27. The molecule has 1 amide bonds. The van der Waals surface area contributed by atoms with Crippen LogP contribution in [0.15, 0.2) is 53.0 Å². The van der Waals surface area contributed by atoms with Gasteiger partial charge < -0.3 is 10.1 Å². The smallest absolute Gasteiger partial charge is 0.286 e. The normalized spacial score (nSPS) is 16.7. The molecule has 1 saturated heterocycles. The van der Waals surface area contributed by atoms with E-state index in [1.165, 1.54) is 16.9 Å². The van der Waals surface area contributed by atoms with Crippen LogP contribution in [0, 0.1) is 0 Å². The third kappa shape index (κ3) is 4.83. The summed E-state index contributed by atoms with van der Waals surface area (Å²) in [6.07, 6.45) is 2.28. The number of benzene rings is 2. The van der Waals surface area contributed by atoms with E-state index in [0.717, 1.165) is 34.6 Å². The van der Waals surface area contributed by atoms with Crippen molar-refractivity contribution in [3.05, 3.63) is 68.6 Å². The van der Waals surface area contributed by atoms with E-state index < -0.39 is 0 Å². The first-order valence-corrected chi connectivity index (χ1v) is 11.0. The van der Waals surface area contributed by atoms with Gasteiger partial charge in [0, 0.05) is 16.2 Å². The number of anilines is 1. The Labute approximate surface area is 182 Å². The van der Waals surface area contributed by atoms with Crippen LogP contribution in [-0.2, 0) is 6.54 Å². The van der Waals surface area contributed by atoms with Crippen LogP contribution in [0.4, 0.5) is 5.69 Å². The van der Waals surface area contributed by atoms with E-state index in [4.69, 9.17) is 4.74 Å². The van der Waals surface area contributed by atoms with Gasteiger partial charge in [-0.05, 0) is 61.3 Å². The largest absolute Gasteiger partial charge is 0.497 e. The number of methoxy groups -OCH3 is 1. The Morgan fingerprint density at radius 1 is 1.28 bits per heavy atom. The highest BCUT2D eigenvalue weighted by molar-refractivity contribution is 9.10. The molecule has 4 rings (SSSR count). The number of halogens is 1. The molecule has 0 aliphatic carbocycles. The average molecular weight is 473 g/mol. The van der Waals surface area contributed by atoms with Crippen LogP contribution < -0.4 is 10.1 Å². The quantitative estimate of drug-likeness (QED) is 0.552. The fourth-order valence-electron chi connectivity index (χ4n) is 3.55. The number of ether oxygens (including phenoxy) is 1. The topological polar surface area (TPSA) is 67.3 Å². The second-order valence-electron chi connectivity index (χ2n) is 6.87. The van der Waals surface area contributed by atoms with E-state index in [0.29, 0.717) is 23.3 Å². The number of amides is 1. The van der Waals surface area contributed by atoms with Crippen molar-refractivity contribution in [3.63, 3.8) is 0 Å². The Bertz CT molecular complexity index is 992. The first-order valence-electron chi connectivity index (χ1n) is 9.39. The molecule has 1 aliphatic rings. The summed E-state index contributed by atoms with van der Waals surface area (Å²) in [5, 5.41) is 12.4. The molecule has 150 valence electrons. The standard InChI is InChI=1S/C21H21BrN4O2S/c1-28-17-9-7-16(8-10-17)23-20(27)21-25-24-19(29-21)13-26-11-3-6-18(26)14-4-2-5-15(22)12-14/h2,4-5,7-10,12,18H,3,6,11,13H2,1H3,(H,23,27). The van der Waals surface area contributed by atoms with Crippen molar-refractivity contribution in [2.75, 3.05) is 19.0 Å². The number of nitrogens with zero attached hydrogens (tertiary/aromatic N) is 3. The van der Waals surface area contributed by atoms with Gasteiger partial charge in [-0.25, -0.2) is 0 Å². The van der Waals surface area contributed by atoms with E-state index in [1.54, 1.807) is 31.4 Å². The minimum absolute atomic E-state index is 0.246. The third-order valence-corrected chi connectivity index (χ3v) is 6.34. The molecule has 1 aromatic heterocycles. The molecule has 1 unspecified atom stereocenters. The van der Waals surface area contributed by atoms with Crippen LogP contribution in [0.5, 0.6) is 5.75 Å². The Morgan fingerprint density at radius 2 is 2.10 bits per heavy atom. The fourth-order valence-corrected chi connectivity index (χ4v) is 4.73. The molecule has 0 saturated carbocycles. The van der Waals surface area contributed by atoms with Gasteiger partial charge in [0.2, 0.25) is 5.01 Å². The van der Waals surface area contributed by atoms with Crippen LogP contribution in [0.2, 0.25) is 0 Å². The fraction of sp³-hybridized carbons (Fsp3) is 0.286. The van der Waals surface area contributed by atoms with Crippen molar-refractivity contribution in [2.24, 2.45) is 0 Å². The molecule has 1 fully saturated rings. The number of carbonyl (C=O) groups excluding carboxylic acids is 1. The van der Waals surface area contributed by atoms with Crippen molar-refractivity contribution in [1.29, 1.82) is 0 Å². The molecule has 3 aromatic rings. The summed E-state index contributed by atoms with van der Waals surface area (Å²) in [5.74, 6) is 0.496. The first-order chi connectivity index (χ1) is 14.1. The van der Waals surface area contributed by atoms with Gasteiger partial charge in [-0.2, -0.15) is 0 Å². The van der Waals surface area contributed by atoms with Crippen LogP contribution in [0.25, 0.3) is 0 Å². The lowest BCUT2D eigenvalue weighted by Gasteiger charge is -2.23. The zero-order chi connectivity index (χ0) is 20.2. The molecule has 2 heterocycles. The van der Waals surface area contributed by atoms with E-state index >= 15 is 0 Å². The van der Waals surface area contributed by atoms with Crippen LogP contribution in [0.3, 0.4) is 0 Å². The maximum atomic E-state index is 12.5. The minimum Gasteiger partial charge on any atom is -0.497 e. The zero-order valence-corrected chi connectivity index (χ0v) is 18.4. The molecule has 0 radical (unpaired) electrons. The lowest BCUT2D eigenvalue weighted by Crippen LogP contribution is -2.22. The van der Waals surface area contributed by atoms with Gasteiger partial charge in [0.1, 0.15) is 10.8 Å². The van der Waals surface area contributed by atoms with Crippen molar-refractivity contribution in [1.82, 2.24) is 15.1 Å².